The molecule has 6 nitrogen and oxygen atoms in total. The second-order valence-electron chi connectivity index (χ2n) is 5.82. The van der Waals surface area contributed by atoms with E-state index in [1.54, 1.807) is 18.2 Å². The van der Waals surface area contributed by atoms with Crippen molar-refractivity contribution in [3.63, 3.8) is 0 Å². The van der Waals surface area contributed by atoms with Gasteiger partial charge in [0, 0.05) is 6.07 Å². The summed E-state index contributed by atoms with van der Waals surface area (Å²) in [6.07, 6.45) is 0. The van der Waals surface area contributed by atoms with Gasteiger partial charge in [-0.3, -0.25) is 9.59 Å². The number of ketones is 1. The van der Waals surface area contributed by atoms with E-state index < -0.39 is 29.6 Å². The summed E-state index contributed by atoms with van der Waals surface area (Å²) in [5.41, 5.74) is 0.656. The number of aryl methyl sites for hydroxylation is 1. The minimum atomic E-state index is -0.974. The normalized spacial score (nSPS) is 10.6. The topological polar surface area (TPSA) is 82.8 Å². The second kappa shape index (κ2) is 7.41. The van der Waals surface area contributed by atoms with Gasteiger partial charge in [0.15, 0.2) is 12.0 Å². The van der Waals surface area contributed by atoms with Crippen LogP contribution in [0.15, 0.2) is 51.7 Å². The highest BCUT2D eigenvalue weighted by Gasteiger charge is 2.19. The third-order valence-corrected chi connectivity index (χ3v) is 3.88. The number of rotatable bonds is 5. The number of carbonyl (C=O) groups excluding carboxylic acids is 2. The maximum absolute atomic E-state index is 13.4. The SMILES string of the molecule is COc1ccc(F)cc1C(=O)COC(=O)c1cc(=O)c2cc(C)ccc2o1. The molecule has 3 rings (SSSR count). The molecule has 27 heavy (non-hydrogen) atoms. The summed E-state index contributed by atoms with van der Waals surface area (Å²) in [4.78, 5) is 36.5. The van der Waals surface area contributed by atoms with Crippen LogP contribution in [0.4, 0.5) is 4.39 Å². The zero-order valence-corrected chi connectivity index (χ0v) is 14.6. The first-order chi connectivity index (χ1) is 12.9. The molecule has 0 atom stereocenters. The summed E-state index contributed by atoms with van der Waals surface area (Å²) < 4.78 is 28.7. The van der Waals surface area contributed by atoms with Crippen molar-refractivity contribution in [2.45, 2.75) is 6.92 Å². The van der Waals surface area contributed by atoms with Crippen LogP contribution < -0.4 is 10.2 Å². The van der Waals surface area contributed by atoms with Crippen molar-refractivity contribution in [2.24, 2.45) is 0 Å². The lowest BCUT2D eigenvalue weighted by molar-refractivity contribution is 0.0443. The van der Waals surface area contributed by atoms with E-state index in [1.165, 1.54) is 13.2 Å². The van der Waals surface area contributed by atoms with Gasteiger partial charge in [-0.2, -0.15) is 0 Å². The Labute approximate surface area is 153 Å². The molecule has 2 aromatic carbocycles. The molecule has 0 N–H and O–H groups in total. The lowest BCUT2D eigenvalue weighted by Gasteiger charge is -2.08. The number of hydrogen-bond acceptors (Lipinski definition) is 6. The number of fused-ring (bicyclic) bond motifs is 1. The van der Waals surface area contributed by atoms with Gasteiger partial charge in [0.2, 0.25) is 11.5 Å². The van der Waals surface area contributed by atoms with E-state index in [1.807, 2.05) is 6.92 Å². The lowest BCUT2D eigenvalue weighted by Crippen LogP contribution is -2.16. The first-order valence-corrected chi connectivity index (χ1v) is 7.97. The van der Waals surface area contributed by atoms with E-state index in [-0.39, 0.29) is 22.7 Å². The number of benzene rings is 2. The smallest absolute Gasteiger partial charge is 0.374 e. The predicted octanol–water partition coefficient (Wildman–Crippen LogP) is 3.29. The molecular formula is C20H15FO6. The van der Waals surface area contributed by atoms with E-state index in [4.69, 9.17) is 13.9 Å². The average molecular weight is 370 g/mol. The fourth-order valence-electron chi connectivity index (χ4n) is 2.55. The second-order valence-corrected chi connectivity index (χ2v) is 5.82. The van der Waals surface area contributed by atoms with Gasteiger partial charge in [0.25, 0.3) is 0 Å². The molecule has 1 heterocycles. The van der Waals surface area contributed by atoms with E-state index in [2.05, 4.69) is 0 Å². The molecule has 0 fully saturated rings. The maximum Gasteiger partial charge on any atom is 0.374 e. The minimum Gasteiger partial charge on any atom is -0.496 e. The summed E-state index contributed by atoms with van der Waals surface area (Å²) in [5.74, 6) is -2.42. The highest BCUT2D eigenvalue weighted by molar-refractivity contribution is 6.01. The van der Waals surface area contributed by atoms with Gasteiger partial charge in [-0.05, 0) is 37.3 Å². The summed E-state index contributed by atoms with van der Waals surface area (Å²) in [6, 6.07) is 9.41. The molecule has 0 aliphatic rings. The van der Waals surface area contributed by atoms with Crippen molar-refractivity contribution < 1.29 is 27.9 Å². The number of hydrogen-bond donors (Lipinski definition) is 0. The monoisotopic (exact) mass is 370 g/mol. The van der Waals surface area contributed by atoms with Crippen LogP contribution in [0.5, 0.6) is 5.75 Å². The molecule has 0 saturated heterocycles. The molecule has 0 amide bonds. The van der Waals surface area contributed by atoms with Gasteiger partial charge in [-0.15, -0.1) is 0 Å². The van der Waals surface area contributed by atoms with Crippen LogP contribution in [0.1, 0.15) is 26.5 Å². The van der Waals surface area contributed by atoms with Gasteiger partial charge >= 0.3 is 5.97 Å². The summed E-state index contributed by atoms with van der Waals surface area (Å²) in [5, 5.41) is 0.340. The molecular weight excluding hydrogens is 355 g/mol. The number of esters is 1. The molecule has 0 saturated carbocycles. The molecule has 7 heteroatoms. The van der Waals surface area contributed by atoms with Gasteiger partial charge in [0.1, 0.15) is 17.1 Å². The largest absolute Gasteiger partial charge is 0.496 e. The molecule has 0 unspecified atom stereocenters. The van der Waals surface area contributed by atoms with Crippen LogP contribution in [0, 0.1) is 12.7 Å². The van der Waals surface area contributed by atoms with Crippen LogP contribution in [-0.4, -0.2) is 25.5 Å². The Kier molecular flexibility index (Phi) is 5.03. The van der Waals surface area contributed by atoms with Crippen molar-refractivity contribution in [1.82, 2.24) is 0 Å². The molecule has 0 radical (unpaired) electrons. The fraction of sp³-hybridized carbons (Fsp3) is 0.150. The average Bonchev–Trinajstić information content (AvgIpc) is 2.66. The Hall–Kier alpha value is -3.48. The Morgan fingerprint density at radius 2 is 1.89 bits per heavy atom. The molecule has 0 aliphatic heterocycles. The number of carbonyl (C=O) groups is 2. The first kappa shape index (κ1) is 18.3. The van der Waals surface area contributed by atoms with Crippen molar-refractivity contribution >= 4 is 22.7 Å². The third-order valence-electron chi connectivity index (χ3n) is 3.88. The minimum absolute atomic E-state index is 0.0549. The van der Waals surface area contributed by atoms with E-state index in [9.17, 15) is 18.8 Å². The summed E-state index contributed by atoms with van der Waals surface area (Å²) in [6.45, 7) is 1.17. The van der Waals surface area contributed by atoms with Crippen molar-refractivity contribution in [3.8, 4) is 5.75 Å². The number of Topliss-reactive ketones (excluding diaryl/α,β-unsaturated/α-hetero) is 1. The van der Waals surface area contributed by atoms with Crippen LogP contribution in [0.2, 0.25) is 0 Å². The number of halogens is 1. The molecule has 0 spiro atoms. The van der Waals surface area contributed by atoms with Crippen LogP contribution >= 0.6 is 0 Å². The summed E-state index contributed by atoms with van der Waals surface area (Å²) in [7, 11) is 1.33. The van der Waals surface area contributed by atoms with Gasteiger partial charge < -0.3 is 13.9 Å². The maximum atomic E-state index is 13.4. The molecule has 3 aromatic rings. The molecule has 0 bridgehead atoms. The van der Waals surface area contributed by atoms with Crippen molar-refractivity contribution in [3.05, 3.63) is 75.4 Å². The third kappa shape index (κ3) is 3.87. The quantitative estimate of drug-likeness (QED) is 0.506. The molecule has 0 aliphatic carbocycles. The van der Waals surface area contributed by atoms with E-state index >= 15 is 0 Å². The highest BCUT2D eigenvalue weighted by atomic mass is 19.1. The highest BCUT2D eigenvalue weighted by Crippen LogP contribution is 2.20. The van der Waals surface area contributed by atoms with Gasteiger partial charge in [-0.1, -0.05) is 11.6 Å². The van der Waals surface area contributed by atoms with Crippen LogP contribution in [0.3, 0.4) is 0 Å². The number of ether oxygens (including phenoxy) is 2. The van der Waals surface area contributed by atoms with Crippen molar-refractivity contribution in [1.29, 1.82) is 0 Å². The first-order valence-electron chi connectivity index (χ1n) is 7.97. The zero-order chi connectivity index (χ0) is 19.6. The van der Waals surface area contributed by atoms with Crippen molar-refractivity contribution in [2.75, 3.05) is 13.7 Å². The van der Waals surface area contributed by atoms with E-state index in [0.29, 0.717) is 5.39 Å². The Morgan fingerprint density at radius 1 is 1.11 bits per heavy atom. The van der Waals surface area contributed by atoms with Gasteiger partial charge in [0.05, 0.1) is 18.1 Å². The molecule has 138 valence electrons. The molecule has 1 aromatic heterocycles. The number of methoxy groups -OCH3 is 1. The predicted molar refractivity (Wildman–Crippen MR) is 94.8 cm³/mol. The standard InChI is InChI=1S/C20H15FO6/c1-11-3-5-18-13(7-11)15(22)9-19(27-18)20(24)26-10-16(23)14-8-12(21)4-6-17(14)25-2/h3-9H,10H2,1-2H3. The van der Waals surface area contributed by atoms with Crippen LogP contribution in [0.25, 0.3) is 11.0 Å². The van der Waals surface area contributed by atoms with Gasteiger partial charge in [-0.25, -0.2) is 9.18 Å². The fourth-order valence-corrected chi connectivity index (χ4v) is 2.55. The Balaban J connectivity index is 1.79. The summed E-state index contributed by atoms with van der Waals surface area (Å²) >= 11 is 0. The Bertz CT molecular complexity index is 1100. The lowest BCUT2D eigenvalue weighted by atomic mass is 10.1. The zero-order valence-electron chi connectivity index (χ0n) is 14.6. The van der Waals surface area contributed by atoms with Crippen LogP contribution in [-0.2, 0) is 4.74 Å². The van der Waals surface area contributed by atoms with E-state index in [0.717, 1.165) is 23.8 Å². The Morgan fingerprint density at radius 3 is 2.63 bits per heavy atom.